The molecule has 1 amide bonds. The van der Waals surface area contributed by atoms with Crippen LogP contribution in [-0.4, -0.2) is 48.6 Å². The number of rotatable bonds is 4. The van der Waals surface area contributed by atoms with Crippen molar-refractivity contribution in [3.63, 3.8) is 0 Å². The van der Waals surface area contributed by atoms with Crippen molar-refractivity contribution < 1.29 is 14.3 Å². The van der Waals surface area contributed by atoms with Crippen molar-refractivity contribution in [3.8, 4) is 11.8 Å². The van der Waals surface area contributed by atoms with Crippen molar-refractivity contribution in [1.29, 1.82) is 5.26 Å². The van der Waals surface area contributed by atoms with Gasteiger partial charge in [-0.15, -0.1) is 0 Å². The van der Waals surface area contributed by atoms with Crippen molar-refractivity contribution >= 4 is 17.5 Å². The second-order valence-corrected chi connectivity index (χ2v) is 6.43. The van der Waals surface area contributed by atoms with Crippen molar-refractivity contribution in [1.82, 2.24) is 4.90 Å². The minimum absolute atomic E-state index is 0.187. The number of nitrogens with one attached hydrogen (secondary N) is 1. The number of hydrogen-bond donors (Lipinski definition) is 2. The first-order valence-corrected chi connectivity index (χ1v) is 8.54. The van der Waals surface area contributed by atoms with E-state index in [-0.39, 0.29) is 24.1 Å². The molecule has 0 unspecified atom stereocenters. The lowest BCUT2D eigenvalue weighted by Crippen LogP contribution is -2.48. The number of anilines is 2. The third-order valence-corrected chi connectivity index (χ3v) is 4.70. The minimum atomic E-state index is -0.187. The number of piperazine rings is 1. The molecule has 0 atom stereocenters. The molecule has 0 spiro atoms. The van der Waals surface area contributed by atoms with Crippen molar-refractivity contribution in [2.45, 2.75) is 13.8 Å². The third-order valence-electron chi connectivity index (χ3n) is 4.70. The van der Waals surface area contributed by atoms with Gasteiger partial charge >= 0.3 is 0 Å². The Bertz CT molecular complexity index is 828. The number of amides is 1. The highest BCUT2D eigenvalue weighted by molar-refractivity contribution is 5.92. The van der Waals surface area contributed by atoms with Gasteiger partial charge < -0.3 is 14.4 Å². The zero-order valence-electron chi connectivity index (χ0n) is 15.0. The molecule has 0 aliphatic carbocycles. The normalized spacial score (nSPS) is 14.9. The van der Waals surface area contributed by atoms with Crippen LogP contribution in [0.3, 0.4) is 0 Å². The predicted molar refractivity (Wildman–Crippen MR) is 98.3 cm³/mol. The maximum atomic E-state index is 12.3. The summed E-state index contributed by atoms with van der Waals surface area (Å²) in [5, 5.41) is 21.3. The Kier molecular flexibility index (Phi) is 5.14. The fourth-order valence-electron chi connectivity index (χ4n) is 3.05. The standard InChI is InChI=1S/C19H22N4O3/c1-13-14(2)26-19(17(13)11-20)21-18(25)12-22-7-9-23(10-8-22)15-3-5-16(24)6-4-15/h3-6,24H,7-10,12H2,1-2H3,(H,21,25). The topological polar surface area (TPSA) is 92.7 Å². The van der Waals surface area contributed by atoms with Gasteiger partial charge in [-0.1, -0.05) is 0 Å². The highest BCUT2D eigenvalue weighted by Gasteiger charge is 2.21. The number of benzene rings is 1. The molecule has 26 heavy (non-hydrogen) atoms. The summed E-state index contributed by atoms with van der Waals surface area (Å²) in [5.74, 6) is 0.937. The molecule has 1 aromatic heterocycles. The van der Waals surface area contributed by atoms with E-state index in [1.807, 2.05) is 12.1 Å². The zero-order valence-corrected chi connectivity index (χ0v) is 15.0. The van der Waals surface area contributed by atoms with Crippen LogP contribution in [0.5, 0.6) is 5.75 Å². The van der Waals surface area contributed by atoms with Gasteiger partial charge in [0.2, 0.25) is 11.8 Å². The molecule has 0 radical (unpaired) electrons. The Hall–Kier alpha value is -2.98. The average molecular weight is 354 g/mol. The van der Waals surface area contributed by atoms with Crippen LogP contribution in [0.15, 0.2) is 28.7 Å². The van der Waals surface area contributed by atoms with E-state index in [1.165, 1.54) is 0 Å². The molecular weight excluding hydrogens is 332 g/mol. The number of carbonyl (C=O) groups is 1. The minimum Gasteiger partial charge on any atom is -0.508 e. The van der Waals surface area contributed by atoms with Gasteiger partial charge in [-0.2, -0.15) is 5.26 Å². The smallest absolute Gasteiger partial charge is 0.240 e. The van der Waals surface area contributed by atoms with Gasteiger partial charge in [0.05, 0.1) is 6.54 Å². The van der Waals surface area contributed by atoms with Crippen molar-refractivity contribution in [2.24, 2.45) is 0 Å². The van der Waals surface area contributed by atoms with Gasteiger partial charge in [-0.25, -0.2) is 0 Å². The number of hydrogen-bond acceptors (Lipinski definition) is 6. The lowest BCUT2D eigenvalue weighted by Gasteiger charge is -2.35. The molecule has 136 valence electrons. The van der Waals surface area contributed by atoms with Gasteiger partial charge in [-0.05, 0) is 38.1 Å². The van der Waals surface area contributed by atoms with Crippen LogP contribution in [0, 0.1) is 25.2 Å². The van der Waals surface area contributed by atoms with Gasteiger partial charge in [0.1, 0.15) is 23.1 Å². The second-order valence-electron chi connectivity index (χ2n) is 6.43. The molecule has 7 heteroatoms. The van der Waals surface area contributed by atoms with Crippen molar-refractivity contribution in [2.75, 3.05) is 42.9 Å². The molecule has 1 aromatic carbocycles. The maximum absolute atomic E-state index is 12.3. The third kappa shape index (κ3) is 3.81. The summed E-state index contributed by atoms with van der Waals surface area (Å²) in [4.78, 5) is 16.6. The van der Waals surface area contributed by atoms with Crippen LogP contribution in [0.2, 0.25) is 0 Å². The number of aromatic hydroxyl groups is 1. The first-order chi connectivity index (χ1) is 12.5. The molecule has 2 heterocycles. The molecule has 1 saturated heterocycles. The molecule has 2 N–H and O–H groups in total. The molecule has 0 saturated carbocycles. The van der Waals surface area contributed by atoms with E-state index < -0.39 is 0 Å². The van der Waals surface area contributed by atoms with Gasteiger partial charge in [-0.3, -0.25) is 15.0 Å². The Labute approximate surface area is 152 Å². The van der Waals surface area contributed by atoms with E-state index in [2.05, 4.69) is 21.2 Å². The quantitative estimate of drug-likeness (QED) is 0.875. The summed E-state index contributed by atoms with van der Waals surface area (Å²) in [6.07, 6.45) is 0. The van der Waals surface area contributed by atoms with E-state index in [4.69, 9.17) is 4.42 Å². The second kappa shape index (κ2) is 7.50. The summed E-state index contributed by atoms with van der Waals surface area (Å²) in [7, 11) is 0. The molecule has 0 bridgehead atoms. The van der Waals surface area contributed by atoms with Gasteiger partial charge in [0.25, 0.3) is 0 Å². The molecule has 7 nitrogen and oxygen atoms in total. The Morgan fingerprint density at radius 1 is 1.23 bits per heavy atom. The average Bonchev–Trinajstić information content (AvgIpc) is 2.89. The van der Waals surface area contributed by atoms with E-state index >= 15 is 0 Å². The van der Waals surface area contributed by atoms with Crippen molar-refractivity contribution in [3.05, 3.63) is 41.2 Å². The van der Waals surface area contributed by atoms with E-state index in [0.29, 0.717) is 11.3 Å². The first-order valence-electron chi connectivity index (χ1n) is 8.54. The SMILES string of the molecule is Cc1oc(NC(=O)CN2CCN(c3ccc(O)cc3)CC2)c(C#N)c1C. The van der Waals surface area contributed by atoms with Gasteiger partial charge in [0.15, 0.2) is 0 Å². The van der Waals surface area contributed by atoms with Crippen LogP contribution < -0.4 is 10.2 Å². The largest absolute Gasteiger partial charge is 0.508 e. The van der Waals surface area contributed by atoms with Gasteiger partial charge in [0, 0.05) is 37.4 Å². The molecular formula is C19H22N4O3. The number of carbonyl (C=O) groups excluding carboxylic acids is 1. The summed E-state index contributed by atoms with van der Waals surface area (Å²) in [6.45, 7) is 6.96. The maximum Gasteiger partial charge on any atom is 0.240 e. The summed E-state index contributed by atoms with van der Waals surface area (Å²) >= 11 is 0. The number of phenolic OH excluding ortho intramolecular Hbond substituents is 1. The first kappa shape index (κ1) is 17.8. The summed E-state index contributed by atoms with van der Waals surface area (Å²) < 4.78 is 5.48. The van der Waals surface area contributed by atoms with Crippen LogP contribution in [-0.2, 0) is 4.79 Å². The highest BCUT2D eigenvalue weighted by atomic mass is 16.4. The van der Waals surface area contributed by atoms with E-state index in [0.717, 1.165) is 37.4 Å². The van der Waals surface area contributed by atoms with Crippen LogP contribution in [0.25, 0.3) is 0 Å². The summed E-state index contributed by atoms with van der Waals surface area (Å²) in [6, 6.07) is 9.21. The monoisotopic (exact) mass is 354 g/mol. The number of aryl methyl sites for hydroxylation is 1. The Morgan fingerprint density at radius 3 is 2.50 bits per heavy atom. The fourth-order valence-corrected chi connectivity index (χ4v) is 3.05. The number of nitrogens with zero attached hydrogens (tertiary/aromatic N) is 3. The number of furan rings is 1. The fraction of sp³-hybridized carbons (Fsp3) is 0.368. The highest BCUT2D eigenvalue weighted by Crippen LogP contribution is 2.25. The summed E-state index contributed by atoms with van der Waals surface area (Å²) in [5.41, 5.74) is 2.20. The van der Waals surface area contributed by atoms with E-state index in [1.54, 1.807) is 26.0 Å². The van der Waals surface area contributed by atoms with Crippen LogP contribution in [0.4, 0.5) is 11.6 Å². The lowest BCUT2D eigenvalue weighted by molar-refractivity contribution is -0.117. The number of phenols is 1. The number of nitriles is 1. The lowest BCUT2D eigenvalue weighted by atomic mass is 10.2. The van der Waals surface area contributed by atoms with Crippen LogP contribution >= 0.6 is 0 Å². The molecule has 2 aromatic rings. The Morgan fingerprint density at radius 2 is 1.88 bits per heavy atom. The molecule has 1 fully saturated rings. The predicted octanol–water partition coefficient (Wildman–Crippen LogP) is 2.23. The zero-order chi connectivity index (χ0) is 18.7. The Balaban J connectivity index is 1.53. The molecule has 1 aliphatic rings. The van der Waals surface area contributed by atoms with E-state index in [9.17, 15) is 15.2 Å². The molecule has 1 aliphatic heterocycles. The van der Waals surface area contributed by atoms with Crippen LogP contribution in [0.1, 0.15) is 16.9 Å². The molecule has 3 rings (SSSR count).